The van der Waals surface area contributed by atoms with Gasteiger partial charge in [-0.3, -0.25) is 9.59 Å². The normalized spacial score (nSPS) is 18.2. The Morgan fingerprint density at radius 3 is 2.74 bits per heavy atom. The van der Waals surface area contributed by atoms with E-state index in [9.17, 15) is 9.59 Å². The van der Waals surface area contributed by atoms with E-state index in [1.54, 1.807) is 0 Å². The van der Waals surface area contributed by atoms with Crippen LogP contribution in [0.3, 0.4) is 0 Å². The fourth-order valence-electron chi connectivity index (χ4n) is 2.38. The quantitative estimate of drug-likeness (QED) is 0.891. The Bertz CT molecular complexity index is 485. The van der Waals surface area contributed by atoms with E-state index in [-0.39, 0.29) is 17.7 Å². The molecule has 1 aromatic rings. The van der Waals surface area contributed by atoms with Gasteiger partial charge >= 0.3 is 0 Å². The van der Waals surface area contributed by atoms with Crippen LogP contribution in [0, 0.1) is 12.8 Å². The summed E-state index contributed by atoms with van der Waals surface area (Å²) in [7, 11) is 0. The Hall–Kier alpha value is -1.84. The van der Waals surface area contributed by atoms with Gasteiger partial charge in [0.2, 0.25) is 11.8 Å². The van der Waals surface area contributed by atoms with E-state index in [2.05, 4.69) is 5.32 Å². The van der Waals surface area contributed by atoms with Crippen LogP contribution in [0.2, 0.25) is 0 Å². The second-order valence-corrected chi connectivity index (χ2v) is 4.98. The number of rotatable bonds is 4. The Kier molecular flexibility index (Phi) is 4.20. The first-order valence-corrected chi connectivity index (χ1v) is 6.71. The highest BCUT2D eigenvalue weighted by molar-refractivity contribution is 5.89. The molecule has 2 rings (SSSR count). The molecule has 1 unspecified atom stereocenters. The third-order valence-electron chi connectivity index (χ3n) is 3.64. The first kappa shape index (κ1) is 13.6. The van der Waals surface area contributed by atoms with Crippen LogP contribution in [-0.2, 0) is 16.1 Å². The van der Waals surface area contributed by atoms with Gasteiger partial charge in [0.1, 0.15) is 0 Å². The highest BCUT2D eigenvalue weighted by Gasteiger charge is 2.30. The van der Waals surface area contributed by atoms with Crippen LogP contribution in [0.1, 0.15) is 24.5 Å². The first-order valence-electron chi connectivity index (χ1n) is 6.71. The van der Waals surface area contributed by atoms with Crippen LogP contribution in [0.15, 0.2) is 24.3 Å². The van der Waals surface area contributed by atoms with Crippen molar-refractivity contribution in [3.8, 4) is 0 Å². The number of benzene rings is 1. The number of hydrogen-bond acceptors (Lipinski definition) is 2. The van der Waals surface area contributed by atoms with E-state index >= 15 is 0 Å². The lowest BCUT2D eigenvalue weighted by atomic mass is 10.0. The van der Waals surface area contributed by atoms with Crippen molar-refractivity contribution in [2.45, 2.75) is 26.8 Å². The molecule has 0 saturated carbocycles. The number of aryl methyl sites for hydroxylation is 1. The Labute approximate surface area is 113 Å². The van der Waals surface area contributed by atoms with E-state index in [4.69, 9.17) is 0 Å². The summed E-state index contributed by atoms with van der Waals surface area (Å²) in [5.74, 6) is -0.147. The molecule has 1 aromatic carbocycles. The van der Waals surface area contributed by atoms with Crippen molar-refractivity contribution in [1.82, 2.24) is 10.2 Å². The van der Waals surface area contributed by atoms with Crippen molar-refractivity contribution in [2.24, 2.45) is 5.92 Å². The highest BCUT2D eigenvalue weighted by Crippen LogP contribution is 2.16. The summed E-state index contributed by atoms with van der Waals surface area (Å²) < 4.78 is 0. The van der Waals surface area contributed by atoms with Gasteiger partial charge in [0, 0.05) is 26.1 Å². The van der Waals surface area contributed by atoms with Crippen molar-refractivity contribution >= 4 is 11.8 Å². The zero-order chi connectivity index (χ0) is 13.8. The van der Waals surface area contributed by atoms with Gasteiger partial charge < -0.3 is 10.2 Å². The molecule has 1 aliphatic rings. The van der Waals surface area contributed by atoms with Crippen LogP contribution in [0.25, 0.3) is 0 Å². The largest absolute Gasteiger partial charge is 0.355 e. The number of carbonyl (C=O) groups is 2. The first-order chi connectivity index (χ1) is 9.11. The molecule has 1 aliphatic heterocycles. The lowest BCUT2D eigenvalue weighted by Gasteiger charge is -2.24. The van der Waals surface area contributed by atoms with Crippen LogP contribution >= 0.6 is 0 Å². The molecule has 4 nitrogen and oxygen atoms in total. The molecule has 0 aromatic heterocycles. The molecule has 1 fully saturated rings. The minimum absolute atomic E-state index is 0.0229. The summed E-state index contributed by atoms with van der Waals surface area (Å²) in [6, 6.07) is 8.08. The van der Waals surface area contributed by atoms with Gasteiger partial charge in [-0.2, -0.15) is 0 Å². The van der Waals surface area contributed by atoms with E-state index < -0.39 is 0 Å². The van der Waals surface area contributed by atoms with Gasteiger partial charge in [0.25, 0.3) is 0 Å². The maximum absolute atomic E-state index is 12.4. The Morgan fingerprint density at radius 2 is 2.16 bits per heavy atom. The van der Waals surface area contributed by atoms with Crippen molar-refractivity contribution in [3.05, 3.63) is 35.4 Å². The van der Waals surface area contributed by atoms with Gasteiger partial charge in [0.05, 0.1) is 5.92 Å². The van der Waals surface area contributed by atoms with E-state index in [1.807, 2.05) is 43.0 Å². The predicted molar refractivity (Wildman–Crippen MR) is 73.4 cm³/mol. The SMILES string of the molecule is CCN(Cc1ccccc1C)C(=O)C1CNC(=O)C1. The fourth-order valence-corrected chi connectivity index (χ4v) is 2.38. The molecule has 1 heterocycles. The monoisotopic (exact) mass is 260 g/mol. The van der Waals surface area contributed by atoms with Crippen molar-refractivity contribution in [3.63, 3.8) is 0 Å². The third kappa shape index (κ3) is 3.13. The average Bonchev–Trinajstić information content (AvgIpc) is 2.84. The van der Waals surface area contributed by atoms with E-state index in [0.717, 1.165) is 5.56 Å². The molecule has 0 aliphatic carbocycles. The molecule has 2 amide bonds. The molecule has 0 radical (unpaired) electrons. The Morgan fingerprint density at radius 1 is 1.42 bits per heavy atom. The van der Waals surface area contributed by atoms with E-state index in [0.29, 0.717) is 26.1 Å². The zero-order valence-corrected chi connectivity index (χ0v) is 11.5. The summed E-state index contributed by atoms with van der Waals surface area (Å²) in [5, 5.41) is 2.72. The number of nitrogens with one attached hydrogen (secondary N) is 1. The lowest BCUT2D eigenvalue weighted by Crippen LogP contribution is -2.36. The topological polar surface area (TPSA) is 49.4 Å². The molecular formula is C15H20N2O2. The summed E-state index contributed by atoms with van der Waals surface area (Å²) in [4.78, 5) is 25.4. The van der Waals surface area contributed by atoms with Gasteiger partial charge in [-0.1, -0.05) is 24.3 Å². The second kappa shape index (κ2) is 5.87. The average molecular weight is 260 g/mol. The van der Waals surface area contributed by atoms with Crippen LogP contribution < -0.4 is 5.32 Å². The minimum Gasteiger partial charge on any atom is -0.355 e. The third-order valence-corrected chi connectivity index (χ3v) is 3.64. The second-order valence-electron chi connectivity index (χ2n) is 4.98. The smallest absolute Gasteiger partial charge is 0.228 e. The molecule has 0 bridgehead atoms. The van der Waals surface area contributed by atoms with Crippen molar-refractivity contribution < 1.29 is 9.59 Å². The number of hydrogen-bond donors (Lipinski definition) is 1. The molecule has 1 atom stereocenters. The highest BCUT2D eigenvalue weighted by atomic mass is 16.2. The van der Waals surface area contributed by atoms with Crippen LogP contribution in [0.5, 0.6) is 0 Å². The number of nitrogens with zero attached hydrogens (tertiary/aromatic N) is 1. The van der Waals surface area contributed by atoms with Crippen molar-refractivity contribution in [2.75, 3.05) is 13.1 Å². The van der Waals surface area contributed by atoms with Crippen molar-refractivity contribution in [1.29, 1.82) is 0 Å². The summed E-state index contributed by atoms with van der Waals surface area (Å²) in [5.41, 5.74) is 2.35. The molecule has 0 spiro atoms. The van der Waals surface area contributed by atoms with Gasteiger partial charge in [-0.05, 0) is 25.0 Å². The standard InChI is InChI=1S/C15H20N2O2/c1-3-17(10-12-7-5-4-6-11(12)2)15(19)13-8-14(18)16-9-13/h4-7,13H,3,8-10H2,1-2H3,(H,16,18). The number of amides is 2. The molecule has 4 heteroatoms. The molecule has 19 heavy (non-hydrogen) atoms. The predicted octanol–water partition coefficient (Wildman–Crippen LogP) is 1.48. The van der Waals surface area contributed by atoms with Crippen LogP contribution in [-0.4, -0.2) is 29.8 Å². The molecular weight excluding hydrogens is 240 g/mol. The summed E-state index contributed by atoms with van der Waals surface area (Å²) >= 11 is 0. The maximum Gasteiger partial charge on any atom is 0.228 e. The lowest BCUT2D eigenvalue weighted by molar-refractivity contribution is -0.136. The fraction of sp³-hybridized carbons (Fsp3) is 0.467. The van der Waals surface area contributed by atoms with Gasteiger partial charge in [-0.25, -0.2) is 0 Å². The number of carbonyl (C=O) groups excluding carboxylic acids is 2. The summed E-state index contributed by atoms with van der Waals surface area (Å²) in [6.07, 6.45) is 0.323. The van der Waals surface area contributed by atoms with E-state index in [1.165, 1.54) is 5.56 Å². The van der Waals surface area contributed by atoms with Gasteiger partial charge in [-0.15, -0.1) is 0 Å². The summed E-state index contributed by atoms with van der Waals surface area (Å²) in [6.45, 7) is 5.78. The van der Waals surface area contributed by atoms with Crippen LogP contribution in [0.4, 0.5) is 0 Å². The molecule has 1 N–H and O–H groups in total. The zero-order valence-electron chi connectivity index (χ0n) is 11.5. The minimum atomic E-state index is -0.198. The molecule has 1 saturated heterocycles. The maximum atomic E-state index is 12.4. The molecule has 102 valence electrons. The van der Waals surface area contributed by atoms with Gasteiger partial charge in [0.15, 0.2) is 0 Å². The Balaban J connectivity index is 2.06.